The summed E-state index contributed by atoms with van der Waals surface area (Å²) in [5.41, 5.74) is 5.12. The molecule has 1 saturated heterocycles. The van der Waals surface area contributed by atoms with Crippen molar-refractivity contribution in [1.29, 1.82) is 0 Å². The fourth-order valence-corrected chi connectivity index (χ4v) is 3.73. The van der Waals surface area contributed by atoms with E-state index in [4.69, 9.17) is 0 Å². The zero-order valence-corrected chi connectivity index (χ0v) is 16.8. The second kappa shape index (κ2) is 9.31. The van der Waals surface area contributed by atoms with Crippen molar-refractivity contribution in [1.82, 2.24) is 19.6 Å². The van der Waals surface area contributed by atoms with Crippen LogP contribution in [0.3, 0.4) is 0 Å². The Morgan fingerprint density at radius 2 is 2.15 bits per heavy atom. The smallest absolute Gasteiger partial charge is 0.0648 e. The van der Waals surface area contributed by atoms with Crippen molar-refractivity contribution in [3.63, 3.8) is 0 Å². The maximum atomic E-state index is 9.49. The van der Waals surface area contributed by atoms with Crippen molar-refractivity contribution in [2.24, 2.45) is 0 Å². The molecule has 0 aliphatic carbocycles. The van der Waals surface area contributed by atoms with Crippen LogP contribution in [-0.2, 0) is 6.54 Å². The van der Waals surface area contributed by atoms with Crippen LogP contribution < -0.4 is 0 Å². The summed E-state index contributed by atoms with van der Waals surface area (Å²) in [7, 11) is 0. The first-order valence-electron chi connectivity index (χ1n) is 9.87. The van der Waals surface area contributed by atoms with E-state index in [9.17, 15) is 5.11 Å². The number of aryl methyl sites for hydroxylation is 1. The largest absolute Gasteiger partial charge is 0.396 e. The molecule has 2 aromatic rings. The van der Waals surface area contributed by atoms with Gasteiger partial charge in [-0.15, -0.1) is 0 Å². The molecule has 5 heteroatoms. The number of nitrogens with zero attached hydrogens (tertiary/aromatic N) is 4. The molecule has 2 heterocycles. The van der Waals surface area contributed by atoms with E-state index in [2.05, 4.69) is 59.9 Å². The minimum Gasteiger partial charge on any atom is -0.396 e. The first-order chi connectivity index (χ1) is 13.1. The Hall–Kier alpha value is -1.95. The summed E-state index contributed by atoms with van der Waals surface area (Å²) < 4.78 is 1.90. The SMILES string of the molecule is CC(C)=CCN1CCN(Cc2ccc(-n3cccn3)cc2C)C[C@H]1CCO. The van der Waals surface area contributed by atoms with Gasteiger partial charge in [0.15, 0.2) is 0 Å². The van der Waals surface area contributed by atoms with E-state index < -0.39 is 0 Å². The van der Waals surface area contributed by atoms with E-state index in [1.54, 1.807) is 6.20 Å². The quantitative estimate of drug-likeness (QED) is 0.763. The molecule has 0 spiro atoms. The van der Waals surface area contributed by atoms with Crippen LogP contribution in [0.1, 0.15) is 31.4 Å². The summed E-state index contributed by atoms with van der Waals surface area (Å²) in [6.07, 6.45) is 6.90. The second-order valence-corrected chi connectivity index (χ2v) is 7.74. The predicted molar refractivity (Wildman–Crippen MR) is 110 cm³/mol. The highest BCUT2D eigenvalue weighted by Crippen LogP contribution is 2.19. The Labute approximate surface area is 162 Å². The number of aromatic nitrogens is 2. The van der Waals surface area contributed by atoms with Crippen molar-refractivity contribution in [2.75, 3.05) is 32.8 Å². The van der Waals surface area contributed by atoms with Gasteiger partial charge in [0.25, 0.3) is 0 Å². The number of hydrogen-bond acceptors (Lipinski definition) is 4. The lowest BCUT2D eigenvalue weighted by atomic mass is 10.0. The fourth-order valence-electron chi connectivity index (χ4n) is 3.73. The Kier molecular flexibility index (Phi) is 6.83. The van der Waals surface area contributed by atoms with E-state index in [1.807, 2.05) is 16.9 Å². The molecule has 0 bridgehead atoms. The third-order valence-corrected chi connectivity index (χ3v) is 5.37. The third kappa shape index (κ3) is 5.28. The molecule has 0 saturated carbocycles. The van der Waals surface area contributed by atoms with Crippen LogP contribution in [0.25, 0.3) is 5.69 Å². The Bertz CT molecular complexity index is 750. The molecule has 5 nitrogen and oxygen atoms in total. The van der Waals surface area contributed by atoms with Gasteiger partial charge in [0.2, 0.25) is 0 Å². The first-order valence-corrected chi connectivity index (χ1v) is 9.87. The predicted octanol–water partition coefficient (Wildman–Crippen LogP) is 3.02. The zero-order chi connectivity index (χ0) is 19.2. The molecule has 0 radical (unpaired) electrons. The summed E-state index contributed by atoms with van der Waals surface area (Å²) in [6, 6.07) is 8.94. The van der Waals surface area contributed by atoms with Gasteiger partial charge in [0.05, 0.1) is 5.69 Å². The molecular formula is C22H32N4O. The molecule has 146 valence electrons. The molecule has 0 unspecified atom stereocenters. The lowest BCUT2D eigenvalue weighted by Crippen LogP contribution is -2.53. The molecule has 0 amide bonds. The van der Waals surface area contributed by atoms with Crippen LogP contribution in [-0.4, -0.2) is 63.5 Å². The average molecular weight is 369 g/mol. The first kappa shape index (κ1) is 19.8. The van der Waals surface area contributed by atoms with Gasteiger partial charge in [-0.2, -0.15) is 5.10 Å². The van der Waals surface area contributed by atoms with E-state index in [-0.39, 0.29) is 6.61 Å². The molecule has 1 N–H and O–H groups in total. The van der Waals surface area contributed by atoms with Crippen LogP contribution in [0.15, 0.2) is 48.3 Å². The van der Waals surface area contributed by atoms with E-state index in [0.29, 0.717) is 6.04 Å². The number of aliphatic hydroxyl groups is 1. The highest BCUT2D eigenvalue weighted by molar-refractivity contribution is 5.39. The number of benzene rings is 1. The van der Waals surface area contributed by atoms with Crippen molar-refractivity contribution in [3.8, 4) is 5.69 Å². The molecular weight excluding hydrogens is 336 g/mol. The van der Waals surface area contributed by atoms with Crippen molar-refractivity contribution >= 4 is 0 Å². The highest BCUT2D eigenvalue weighted by Gasteiger charge is 2.26. The summed E-state index contributed by atoms with van der Waals surface area (Å²) in [5, 5.41) is 13.8. The maximum absolute atomic E-state index is 9.49. The number of allylic oxidation sites excluding steroid dienone is 1. The van der Waals surface area contributed by atoms with Crippen LogP contribution in [0.2, 0.25) is 0 Å². The monoisotopic (exact) mass is 368 g/mol. The fraction of sp³-hybridized carbons (Fsp3) is 0.500. The van der Waals surface area contributed by atoms with Gasteiger partial charge < -0.3 is 5.11 Å². The van der Waals surface area contributed by atoms with Crippen molar-refractivity contribution < 1.29 is 5.11 Å². The van der Waals surface area contributed by atoms with Crippen LogP contribution in [0, 0.1) is 6.92 Å². The van der Waals surface area contributed by atoms with Gasteiger partial charge >= 0.3 is 0 Å². The van der Waals surface area contributed by atoms with E-state index in [0.717, 1.165) is 44.8 Å². The minimum absolute atomic E-state index is 0.251. The lowest BCUT2D eigenvalue weighted by molar-refractivity contribution is 0.0636. The van der Waals surface area contributed by atoms with Crippen LogP contribution >= 0.6 is 0 Å². The number of rotatable bonds is 7. The minimum atomic E-state index is 0.251. The summed E-state index contributed by atoms with van der Waals surface area (Å²) >= 11 is 0. The number of aliphatic hydroxyl groups excluding tert-OH is 1. The molecule has 27 heavy (non-hydrogen) atoms. The summed E-state index contributed by atoms with van der Waals surface area (Å²) in [5.74, 6) is 0. The second-order valence-electron chi connectivity index (χ2n) is 7.74. The maximum Gasteiger partial charge on any atom is 0.0648 e. The molecule has 1 aromatic heterocycles. The summed E-state index contributed by atoms with van der Waals surface area (Å²) in [4.78, 5) is 5.03. The van der Waals surface area contributed by atoms with Gasteiger partial charge in [-0.1, -0.05) is 17.7 Å². The van der Waals surface area contributed by atoms with Gasteiger partial charge in [-0.05, 0) is 56.5 Å². The lowest BCUT2D eigenvalue weighted by Gasteiger charge is -2.41. The number of piperazine rings is 1. The van der Waals surface area contributed by atoms with Gasteiger partial charge in [0, 0.05) is 57.8 Å². The van der Waals surface area contributed by atoms with E-state index >= 15 is 0 Å². The Morgan fingerprint density at radius 3 is 2.81 bits per heavy atom. The zero-order valence-electron chi connectivity index (χ0n) is 16.8. The standard InChI is InChI=1S/C22H32N4O/c1-18(2)7-11-25-13-12-24(17-22(25)8-14-27)16-20-5-6-21(15-19(20)3)26-10-4-9-23-26/h4-7,9-10,15,22,27H,8,11-14,16-17H2,1-3H3/t22-/m1/s1. The molecule has 1 aliphatic heterocycles. The number of hydrogen-bond donors (Lipinski definition) is 1. The van der Waals surface area contributed by atoms with Crippen molar-refractivity contribution in [3.05, 3.63) is 59.4 Å². The Morgan fingerprint density at radius 1 is 1.30 bits per heavy atom. The third-order valence-electron chi connectivity index (χ3n) is 5.37. The molecule has 1 atom stereocenters. The molecule has 1 fully saturated rings. The van der Waals surface area contributed by atoms with Crippen LogP contribution in [0.4, 0.5) is 0 Å². The summed E-state index contributed by atoms with van der Waals surface area (Å²) in [6.45, 7) is 11.8. The van der Waals surface area contributed by atoms with Gasteiger partial charge in [0.1, 0.15) is 0 Å². The van der Waals surface area contributed by atoms with Crippen LogP contribution in [0.5, 0.6) is 0 Å². The van der Waals surface area contributed by atoms with Gasteiger partial charge in [-0.3, -0.25) is 9.80 Å². The van der Waals surface area contributed by atoms with Crippen molar-refractivity contribution in [2.45, 2.75) is 39.8 Å². The molecule has 3 rings (SSSR count). The van der Waals surface area contributed by atoms with Gasteiger partial charge in [-0.25, -0.2) is 4.68 Å². The van der Waals surface area contributed by atoms with E-state index in [1.165, 1.54) is 16.7 Å². The Balaban J connectivity index is 1.65. The average Bonchev–Trinajstić information content (AvgIpc) is 3.17. The highest BCUT2D eigenvalue weighted by atomic mass is 16.3. The molecule has 1 aliphatic rings. The normalized spacial score (nSPS) is 18.6. The topological polar surface area (TPSA) is 44.5 Å². The molecule has 1 aromatic carbocycles.